The van der Waals surface area contributed by atoms with Gasteiger partial charge in [-0.15, -0.1) is 4.73 Å². The molecule has 1 amide bonds. The quantitative estimate of drug-likeness (QED) is 0.614. The molecule has 1 atom stereocenters. The SMILES string of the molecule is Cc1nc(CCC(=O)N[C@@H](CC(C)C)C(=O)O)c(=O)n(OCc2ccccc2)c1C. The highest BCUT2D eigenvalue weighted by Crippen LogP contribution is 2.07. The Kier molecular flexibility index (Phi) is 8.15. The second-order valence-electron chi connectivity index (χ2n) is 7.68. The van der Waals surface area contributed by atoms with Crippen LogP contribution in [0, 0.1) is 19.8 Å². The third-order valence-corrected chi connectivity index (χ3v) is 4.69. The van der Waals surface area contributed by atoms with Crippen LogP contribution < -0.4 is 15.7 Å². The van der Waals surface area contributed by atoms with Crippen molar-refractivity contribution in [1.29, 1.82) is 0 Å². The van der Waals surface area contributed by atoms with Gasteiger partial charge in [-0.3, -0.25) is 14.6 Å². The fourth-order valence-corrected chi connectivity index (χ4v) is 2.97. The maximum atomic E-state index is 12.8. The molecule has 0 spiro atoms. The first-order valence-electron chi connectivity index (χ1n) is 9.97. The van der Waals surface area contributed by atoms with Crippen LogP contribution in [-0.4, -0.2) is 32.7 Å². The molecule has 8 heteroatoms. The summed E-state index contributed by atoms with van der Waals surface area (Å²) in [6.07, 6.45) is 0.392. The molecule has 1 aromatic carbocycles. The molecule has 1 heterocycles. The van der Waals surface area contributed by atoms with E-state index in [1.54, 1.807) is 13.8 Å². The van der Waals surface area contributed by atoms with Crippen molar-refractivity contribution < 1.29 is 19.5 Å². The zero-order valence-corrected chi connectivity index (χ0v) is 17.8. The molecule has 0 radical (unpaired) electrons. The molecule has 0 aliphatic heterocycles. The van der Waals surface area contributed by atoms with Crippen LogP contribution >= 0.6 is 0 Å². The van der Waals surface area contributed by atoms with Crippen molar-refractivity contribution >= 4 is 11.9 Å². The lowest BCUT2D eigenvalue weighted by atomic mass is 10.0. The number of aryl methyl sites for hydroxylation is 2. The Labute approximate surface area is 175 Å². The van der Waals surface area contributed by atoms with Crippen LogP contribution in [-0.2, 0) is 22.6 Å². The molecule has 0 aliphatic carbocycles. The fourth-order valence-electron chi connectivity index (χ4n) is 2.97. The monoisotopic (exact) mass is 415 g/mol. The zero-order chi connectivity index (χ0) is 22.3. The molecule has 2 N–H and O–H groups in total. The van der Waals surface area contributed by atoms with Gasteiger partial charge in [0, 0.05) is 12.8 Å². The molecule has 0 unspecified atom stereocenters. The van der Waals surface area contributed by atoms with Crippen molar-refractivity contribution in [2.75, 3.05) is 0 Å². The molecule has 0 fully saturated rings. The van der Waals surface area contributed by atoms with Gasteiger partial charge in [0.15, 0.2) is 0 Å². The Bertz CT molecular complexity index is 938. The predicted octanol–water partition coefficient (Wildman–Crippen LogP) is 2.04. The van der Waals surface area contributed by atoms with Crippen molar-refractivity contribution in [1.82, 2.24) is 15.0 Å². The van der Waals surface area contributed by atoms with Crippen LogP contribution in [0.4, 0.5) is 0 Å². The van der Waals surface area contributed by atoms with E-state index in [9.17, 15) is 19.5 Å². The highest BCUT2D eigenvalue weighted by Gasteiger charge is 2.21. The smallest absolute Gasteiger partial charge is 0.326 e. The fraction of sp³-hybridized carbons (Fsp3) is 0.455. The van der Waals surface area contributed by atoms with E-state index in [4.69, 9.17) is 4.84 Å². The Balaban J connectivity index is 2.08. The number of rotatable bonds is 10. The lowest BCUT2D eigenvalue weighted by Crippen LogP contribution is -2.42. The number of carbonyl (C=O) groups is 2. The number of nitrogens with zero attached hydrogens (tertiary/aromatic N) is 2. The molecular formula is C22H29N3O5. The summed E-state index contributed by atoms with van der Waals surface area (Å²) < 4.78 is 1.21. The summed E-state index contributed by atoms with van der Waals surface area (Å²) in [6.45, 7) is 7.51. The maximum absolute atomic E-state index is 12.8. The summed E-state index contributed by atoms with van der Waals surface area (Å²) >= 11 is 0. The first kappa shape index (κ1) is 23.1. The van der Waals surface area contributed by atoms with Gasteiger partial charge in [-0.25, -0.2) is 4.79 Å². The Morgan fingerprint density at radius 1 is 1.20 bits per heavy atom. The van der Waals surface area contributed by atoms with Crippen LogP contribution in [0.5, 0.6) is 0 Å². The summed E-state index contributed by atoms with van der Waals surface area (Å²) in [4.78, 5) is 46.4. The van der Waals surface area contributed by atoms with E-state index in [1.165, 1.54) is 4.73 Å². The zero-order valence-electron chi connectivity index (χ0n) is 17.8. The minimum Gasteiger partial charge on any atom is -0.480 e. The number of benzene rings is 1. The summed E-state index contributed by atoms with van der Waals surface area (Å²) in [6, 6.07) is 8.53. The van der Waals surface area contributed by atoms with E-state index in [-0.39, 0.29) is 31.1 Å². The first-order valence-corrected chi connectivity index (χ1v) is 9.97. The van der Waals surface area contributed by atoms with Gasteiger partial charge in [0.1, 0.15) is 18.3 Å². The number of hydrogen-bond acceptors (Lipinski definition) is 5. The van der Waals surface area contributed by atoms with Crippen molar-refractivity contribution in [3.05, 3.63) is 63.3 Å². The molecule has 2 aromatic rings. The van der Waals surface area contributed by atoms with Gasteiger partial charge in [-0.1, -0.05) is 44.2 Å². The number of nitrogens with one attached hydrogen (secondary N) is 1. The summed E-state index contributed by atoms with van der Waals surface area (Å²) in [5, 5.41) is 11.8. The Morgan fingerprint density at radius 3 is 2.47 bits per heavy atom. The van der Waals surface area contributed by atoms with Crippen LogP contribution in [0.2, 0.25) is 0 Å². The highest BCUT2D eigenvalue weighted by molar-refractivity contribution is 5.83. The molecule has 0 aliphatic rings. The number of aliphatic carboxylic acids is 1. The van der Waals surface area contributed by atoms with Gasteiger partial charge in [0.25, 0.3) is 0 Å². The molecule has 0 saturated carbocycles. The number of amides is 1. The van der Waals surface area contributed by atoms with Crippen molar-refractivity contribution in [2.45, 2.75) is 59.6 Å². The molecule has 30 heavy (non-hydrogen) atoms. The molecule has 2 rings (SSSR count). The van der Waals surface area contributed by atoms with E-state index in [2.05, 4.69) is 10.3 Å². The van der Waals surface area contributed by atoms with Gasteiger partial charge in [-0.05, 0) is 31.7 Å². The van der Waals surface area contributed by atoms with Gasteiger partial charge >= 0.3 is 11.5 Å². The Morgan fingerprint density at radius 2 is 1.87 bits per heavy atom. The van der Waals surface area contributed by atoms with Gasteiger partial charge in [0.2, 0.25) is 5.91 Å². The third kappa shape index (κ3) is 6.43. The topological polar surface area (TPSA) is 111 Å². The van der Waals surface area contributed by atoms with Gasteiger partial charge < -0.3 is 15.3 Å². The molecule has 162 valence electrons. The van der Waals surface area contributed by atoms with Crippen LogP contribution in [0.15, 0.2) is 35.1 Å². The number of carbonyl (C=O) groups excluding carboxylic acids is 1. The van der Waals surface area contributed by atoms with Crippen molar-refractivity contribution in [3.8, 4) is 0 Å². The minimum absolute atomic E-state index is 0.0364. The second-order valence-corrected chi connectivity index (χ2v) is 7.68. The number of aromatic nitrogens is 2. The maximum Gasteiger partial charge on any atom is 0.326 e. The number of carboxylic acid groups (broad SMARTS) is 1. The normalized spacial score (nSPS) is 11.9. The molecule has 0 bridgehead atoms. The molecular weight excluding hydrogens is 386 g/mol. The van der Waals surface area contributed by atoms with Crippen LogP contribution in [0.1, 0.15) is 49.3 Å². The van der Waals surface area contributed by atoms with E-state index >= 15 is 0 Å². The largest absolute Gasteiger partial charge is 0.480 e. The highest BCUT2D eigenvalue weighted by atomic mass is 16.7. The minimum atomic E-state index is -1.07. The van der Waals surface area contributed by atoms with E-state index in [0.29, 0.717) is 17.8 Å². The van der Waals surface area contributed by atoms with E-state index < -0.39 is 23.5 Å². The first-order chi connectivity index (χ1) is 14.2. The van der Waals surface area contributed by atoms with Crippen molar-refractivity contribution in [3.63, 3.8) is 0 Å². The standard InChI is InChI=1S/C22H29N3O5/c1-14(2)12-19(22(28)29)24-20(26)11-10-18-21(27)25(16(4)15(3)23-18)30-13-17-8-6-5-7-9-17/h5-9,14,19H,10-13H2,1-4H3,(H,24,26)(H,28,29)/t19-/m0/s1. The van der Waals surface area contributed by atoms with Gasteiger partial charge in [-0.2, -0.15) is 0 Å². The summed E-state index contributed by atoms with van der Waals surface area (Å²) in [5.41, 5.74) is 1.92. The number of carboxylic acids is 1. The number of hydrogen-bond donors (Lipinski definition) is 2. The molecule has 8 nitrogen and oxygen atoms in total. The summed E-state index contributed by atoms with van der Waals surface area (Å²) in [7, 11) is 0. The lowest BCUT2D eigenvalue weighted by molar-refractivity contribution is -0.142. The average Bonchev–Trinajstić information content (AvgIpc) is 2.69. The predicted molar refractivity (Wildman–Crippen MR) is 112 cm³/mol. The van der Waals surface area contributed by atoms with Gasteiger partial charge in [0.05, 0.1) is 11.4 Å². The van der Waals surface area contributed by atoms with Crippen LogP contribution in [0.3, 0.4) is 0 Å². The Hall–Kier alpha value is -3.16. The lowest BCUT2D eigenvalue weighted by Gasteiger charge is -2.17. The van der Waals surface area contributed by atoms with Crippen LogP contribution in [0.25, 0.3) is 0 Å². The molecule has 0 saturated heterocycles. The third-order valence-electron chi connectivity index (χ3n) is 4.69. The van der Waals surface area contributed by atoms with E-state index in [1.807, 2.05) is 44.2 Å². The van der Waals surface area contributed by atoms with E-state index in [0.717, 1.165) is 5.56 Å². The average molecular weight is 415 g/mol. The summed E-state index contributed by atoms with van der Waals surface area (Å²) in [5.74, 6) is -1.38. The second kappa shape index (κ2) is 10.6. The molecule has 1 aromatic heterocycles. The van der Waals surface area contributed by atoms with Crippen molar-refractivity contribution in [2.24, 2.45) is 5.92 Å².